The van der Waals surface area contributed by atoms with Gasteiger partial charge in [0.15, 0.2) is 0 Å². The van der Waals surface area contributed by atoms with E-state index in [0.29, 0.717) is 12.5 Å². The van der Waals surface area contributed by atoms with Crippen LogP contribution in [-0.4, -0.2) is 19.2 Å². The van der Waals surface area contributed by atoms with E-state index in [-0.39, 0.29) is 12.1 Å². The van der Waals surface area contributed by atoms with Gasteiger partial charge < -0.3 is 15.4 Å². The summed E-state index contributed by atoms with van der Waals surface area (Å²) in [5.41, 5.74) is 1.07. The summed E-state index contributed by atoms with van der Waals surface area (Å²) < 4.78 is 5.22. The molecule has 0 radical (unpaired) electrons. The number of fused-ring (bicyclic) bond motifs is 1. The number of urea groups is 1. The number of nitrogens with one attached hydrogen (secondary N) is 2. The summed E-state index contributed by atoms with van der Waals surface area (Å²) >= 11 is 0. The Morgan fingerprint density at radius 3 is 2.45 bits per heavy atom. The van der Waals surface area contributed by atoms with Crippen molar-refractivity contribution in [3.63, 3.8) is 0 Å². The molecule has 2 rings (SSSR count). The molecule has 0 aromatic heterocycles. The molecule has 2 aromatic rings. The van der Waals surface area contributed by atoms with Crippen molar-refractivity contribution >= 4 is 16.8 Å². The van der Waals surface area contributed by atoms with Gasteiger partial charge >= 0.3 is 6.03 Å². The van der Waals surface area contributed by atoms with Crippen LogP contribution >= 0.6 is 0 Å². The molecule has 0 fully saturated rings. The molecule has 0 spiro atoms. The number of amides is 2. The van der Waals surface area contributed by atoms with Gasteiger partial charge in [-0.2, -0.15) is 0 Å². The summed E-state index contributed by atoms with van der Waals surface area (Å²) in [6.45, 7) is 6.69. The highest BCUT2D eigenvalue weighted by molar-refractivity contribution is 5.84. The maximum absolute atomic E-state index is 11.8. The van der Waals surface area contributed by atoms with E-state index in [9.17, 15) is 4.79 Å². The van der Waals surface area contributed by atoms with Crippen molar-refractivity contribution in [3.05, 3.63) is 42.0 Å². The molecule has 0 bridgehead atoms. The fraction of sp³-hybridized carbons (Fsp3) is 0.389. The van der Waals surface area contributed by atoms with Crippen LogP contribution in [0.5, 0.6) is 5.75 Å². The monoisotopic (exact) mass is 300 g/mol. The third-order valence-electron chi connectivity index (χ3n) is 3.92. The van der Waals surface area contributed by atoms with E-state index in [1.54, 1.807) is 7.11 Å². The molecular formula is C18H24N2O2. The van der Waals surface area contributed by atoms with Gasteiger partial charge in [-0.25, -0.2) is 4.79 Å². The van der Waals surface area contributed by atoms with E-state index in [4.69, 9.17) is 4.74 Å². The Morgan fingerprint density at radius 1 is 1.09 bits per heavy atom. The number of hydrogen-bond acceptors (Lipinski definition) is 2. The molecule has 0 saturated carbocycles. The molecular weight excluding hydrogens is 276 g/mol. The molecule has 1 atom stereocenters. The van der Waals surface area contributed by atoms with Crippen LogP contribution in [0, 0.1) is 5.92 Å². The first-order valence-electron chi connectivity index (χ1n) is 7.60. The van der Waals surface area contributed by atoms with E-state index in [1.165, 1.54) is 0 Å². The van der Waals surface area contributed by atoms with Gasteiger partial charge in [-0.05, 0) is 47.4 Å². The molecule has 2 amide bonds. The van der Waals surface area contributed by atoms with Gasteiger partial charge in [-0.3, -0.25) is 0 Å². The Balaban J connectivity index is 1.98. The van der Waals surface area contributed by atoms with Crippen molar-refractivity contribution in [2.45, 2.75) is 33.4 Å². The summed E-state index contributed by atoms with van der Waals surface area (Å²) in [6, 6.07) is 12.1. The number of methoxy groups -OCH3 is 1. The Bertz CT molecular complexity index is 653. The molecule has 4 heteroatoms. The molecule has 0 saturated heterocycles. The number of carbonyl (C=O) groups excluding carboxylic acids is 1. The number of hydrogen-bond donors (Lipinski definition) is 2. The highest BCUT2D eigenvalue weighted by Gasteiger charge is 2.10. The Kier molecular flexibility index (Phi) is 5.26. The second-order valence-electron chi connectivity index (χ2n) is 5.91. The average Bonchev–Trinajstić information content (AvgIpc) is 2.52. The van der Waals surface area contributed by atoms with Crippen molar-refractivity contribution in [2.24, 2.45) is 5.92 Å². The quantitative estimate of drug-likeness (QED) is 0.884. The van der Waals surface area contributed by atoms with Gasteiger partial charge in [0.25, 0.3) is 0 Å². The maximum atomic E-state index is 11.8. The largest absolute Gasteiger partial charge is 0.497 e. The van der Waals surface area contributed by atoms with Crippen LogP contribution < -0.4 is 15.4 Å². The van der Waals surface area contributed by atoms with Crippen LogP contribution in [-0.2, 0) is 6.54 Å². The molecule has 2 N–H and O–H groups in total. The van der Waals surface area contributed by atoms with Gasteiger partial charge in [0, 0.05) is 12.6 Å². The van der Waals surface area contributed by atoms with Crippen molar-refractivity contribution < 1.29 is 9.53 Å². The molecule has 22 heavy (non-hydrogen) atoms. The van der Waals surface area contributed by atoms with Crippen molar-refractivity contribution in [1.82, 2.24) is 10.6 Å². The minimum Gasteiger partial charge on any atom is -0.497 e. The van der Waals surface area contributed by atoms with Crippen LogP contribution in [0.25, 0.3) is 10.8 Å². The van der Waals surface area contributed by atoms with Crippen LogP contribution in [0.1, 0.15) is 26.3 Å². The van der Waals surface area contributed by atoms with E-state index < -0.39 is 0 Å². The van der Waals surface area contributed by atoms with Crippen LogP contribution in [0.2, 0.25) is 0 Å². The summed E-state index contributed by atoms with van der Waals surface area (Å²) in [5, 5.41) is 8.09. The second kappa shape index (κ2) is 7.16. The SMILES string of the molecule is COc1ccc2cc(CNC(=O)NC(C)C(C)C)ccc2c1. The average molecular weight is 300 g/mol. The number of ether oxygens (including phenoxy) is 1. The van der Waals surface area contributed by atoms with Crippen molar-refractivity contribution in [3.8, 4) is 5.75 Å². The van der Waals surface area contributed by atoms with E-state index in [0.717, 1.165) is 22.1 Å². The second-order valence-corrected chi connectivity index (χ2v) is 5.91. The molecule has 0 aliphatic heterocycles. The van der Waals surface area contributed by atoms with E-state index >= 15 is 0 Å². The number of rotatable bonds is 5. The lowest BCUT2D eigenvalue weighted by Gasteiger charge is -2.17. The van der Waals surface area contributed by atoms with Gasteiger partial charge in [0.1, 0.15) is 5.75 Å². The fourth-order valence-electron chi connectivity index (χ4n) is 2.12. The number of carbonyl (C=O) groups is 1. The predicted molar refractivity (Wildman–Crippen MR) is 90.2 cm³/mol. The van der Waals surface area contributed by atoms with Crippen LogP contribution in [0.3, 0.4) is 0 Å². The van der Waals surface area contributed by atoms with Crippen LogP contribution in [0.15, 0.2) is 36.4 Å². The van der Waals surface area contributed by atoms with E-state index in [1.807, 2.05) is 37.3 Å². The molecule has 2 aromatic carbocycles. The third kappa shape index (κ3) is 4.13. The maximum Gasteiger partial charge on any atom is 0.315 e. The van der Waals surface area contributed by atoms with Gasteiger partial charge in [0.2, 0.25) is 0 Å². The standard InChI is InChI=1S/C18H24N2O2/c1-12(2)13(3)20-18(21)19-11-14-5-6-16-10-17(22-4)8-7-15(16)9-14/h5-10,12-13H,11H2,1-4H3,(H2,19,20,21). The van der Waals surface area contributed by atoms with E-state index in [2.05, 4.69) is 30.5 Å². The summed E-state index contributed by atoms with van der Waals surface area (Å²) in [7, 11) is 1.66. The van der Waals surface area contributed by atoms with Gasteiger partial charge in [-0.1, -0.05) is 32.0 Å². The summed E-state index contributed by atoms with van der Waals surface area (Å²) in [6.07, 6.45) is 0. The summed E-state index contributed by atoms with van der Waals surface area (Å²) in [5.74, 6) is 1.27. The van der Waals surface area contributed by atoms with Crippen LogP contribution in [0.4, 0.5) is 4.79 Å². The predicted octanol–water partition coefficient (Wildman–Crippen LogP) is 3.69. The molecule has 1 unspecified atom stereocenters. The molecule has 0 aliphatic rings. The lowest BCUT2D eigenvalue weighted by Crippen LogP contribution is -2.42. The van der Waals surface area contributed by atoms with Gasteiger partial charge in [0.05, 0.1) is 7.11 Å². The molecule has 0 aliphatic carbocycles. The highest BCUT2D eigenvalue weighted by atomic mass is 16.5. The fourth-order valence-corrected chi connectivity index (χ4v) is 2.12. The molecule has 4 nitrogen and oxygen atoms in total. The lowest BCUT2D eigenvalue weighted by molar-refractivity contribution is 0.234. The first-order chi connectivity index (χ1) is 10.5. The normalized spacial score (nSPS) is 12.2. The highest BCUT2D eigenvalue weighted by Crippen LogP contribution is 2.21. The Morgan fingerprint density at radius 2 is 1.77 bits per heavy atom. The molecule has 118 valence electrons. The zero-order valence-corrected chi connectivity index (χ0v) is 13.6. The summed E-state index contributed by atoms with van der Waals surface area (Å²) in [4.78, 5) is 11.8. The first-order valence-corrected chi connectivity index (χ1v) is 7.60. The molecule has 0 heterocycles. The topological polar surface area (TPSA) is 50.4 Å². The smallest absolute Gasteiger partial charge is 0.315 e. The van der Waals surface area contributed by atoms with Crippen molar-refractivity contribution in [1.29, 1.82) is 0 Å². The zero-order valence-electron chi connectivity index (χ0n) is 13.6. The minimum absolute atomic E-state index is 0.129. The first kappa shape index (κ1) is 16.1. The minimum atomic E-state index is -0.129. The lowest BCUT2D eigenvalue weighted by atomic mass is 10.1. The Hall–Kier alpha value is -2.23. The third-order valence-corrected chi connectivity index (χ3v) is 3.92. The van der Waals surface area contributed by atoms with Gasteiger partial charge in [-0.15, -0.1) is 0 Å². The Labute approximate surface area is 131 Å². The number of benzene rings is 2. The van der Waals surface area contributed by atoms with Crippen molar-refractivity contribution in [2.75, 3.05) is 7.11 Å². The zero-order chi connectivity index (χ0) is 16.1.